The van der Waals surface area contributed by atoms with Crippen LogP contribution in [0.3, 0.4) is 0 Å². The summed E-state index contributed by atoms with van der Waals surface area (Å²) in [4.78, 5) is -0.542. The summed E-state index contributed by atoms with van der Waals surface area (Å²) in [6.45, 7) is 1.72. The Morgan fingerprint density at radius 1 is 1.60 bits per heavy atom. The van der Waals surface area contributed by atoms with Crippen LogP contribution in [0.2, 0.25) is 5.02 Å². The van der Waals surface area contributed by atoms with Crippen molar-refractivity contribution in [2.24, 2.45) is 0 Å². The Labute approximate surface area is 135 Å². The molecule has 0 bridgehead atoms. The van der Waals surface area contributed by atoms with Crippen molar-refractivity contribution < 1.29 is 12.8 Å². The molecule has 0 fully saturated rings. The van der Waals surface area contributed by atoms with Crippen LogP contribution in [0.25, 0.3) is 0 Å². The maximum absolute atomic E-state index is 14.0. The number of nitrogens with two attached hydrogens (primary N) is 1. The minimum Gasteiger partial charge on any atom is -0.395 e. The van der Waals surface area contributed by atoms with E-state index in [0.717, 1.165) is 11.8 Å². The van der Waals surface area contributed by atoms with E-state index in [4.69, 9.17) is 17.3 Å². The van der Waals surface area contributed by atoms with Crippen LogP contribution in [0, 0.1) is 5.82 Å². The van der Waals surface area contributed by atoms with Crippen LogP contribution in [-0.4, -0.2) is 26.5 Å². The second-order valence-electron chi connectivity index (χ2n) is 4.20. The van der Waals surface area contributed by atoms with E-state index in [1.807, 2.05) is 6.26 Å². The van der Waals surface area contributed by atoms with E-state index < -0.39 is 20.7 Å². The highest BCUT2D eigenvalue weighted by molar-refractivity contribution is 9.10. The van der Waals surface area contributed by atoms with E-state index in [9.17, 15) is 12.8 Å². The van der Waals surface area contributed by atoms with E-state index in [-0.39, 0.29) is 21.2 Å². The zero-order valence-electron chi connectivity index (χ0n) is 10.9. The second-order valence-corrected chi connectivity index (χ2v) is 8.07. The van der Waals surface area contributed by atoms with Gasteiger partial charge in [0.1, 0.15) is 4.90 Å². The number of hydrogen-bond donors (Lipinski definition) is 2. The summed E-state index contributed by atoms with van der Waals surface area (Å²) in [5.41, 5.74) is 5.16. The fourth-order valence-electron chi connectivity index (χ4n) is 1.48. The number of nitrogen functional groups attached to an aromatic ring is 1. The van der Waals surface area contributed by atoms with E-state index in [1.165, 1.54) is 0 Å². The highest BCUT2D eigenvalue weighted by Crippen LogP contribution is 2.34. The first-order valence-corrected chi connectivity index (χ1v) is 9.69. The minimum atomic E-state index is -4.00. The Morgan fingerprint density at radius 3 is 2.75 bits per heavy atom. The Bertz CT molecular complexity index is 599. The van der Waals surface area contributed by atoms with E-state index in [1.54, 1.807) is 18.7 Å². The van der Waals surface area contributed by atoms with Crippen molar-refractivity contribution in [3.8, 4) is 0 Å². The predicted octanol–water partition coefficient (Wildman–Crippen LogP) is 3.24. The number of thioether (sulfide) groups is 1. The maximum Gasteiger partial charge on any atom is 0.243 e. The molecule has 0 saturated carbocycles. The van der Waals surface area contributed by atoms with Crippen LogP contribution in [-0.2, 0) is 10.0 Å². The van der Waals surface area contributed by atoms with Gasteiger partial charge < -0.3 is 5.73 Å². The molecule has 1 rings (SSSR count). The van der Waals surface area contributed by atoms with Gasteiger partial charge in [-0.1, -0.05) is 11.6 Å². The van der Waals surface area contributed by atoms with Gasteiger partial charge in [-0.3, -0.25) is 0 Å². The first kappa shape index (κ1) is 18.0. The number of anilines is 1. The van der Waals surface area contributed by atoms with Gasteiger partial charge in [-0.05, 0) is 47.3 Å². The molecule has 0 saturated heterocycles. The van der Waals surface area contributed by atoms with Gasteiger partial charge in [0, 0.05) is 6.04 Å². The van der Waals surface area contributed by atoms with Crippen LogP contribution in [0.4, 0.5) is 10.1 Å². The van der Waals surface area contributed by atoms with Crippen LogP contribution in [0.15, 0.2) is 15.4 Å². The molecule has 3 N–H and O–H groups in total. The van der Waals surface area contributed by atoms with E-state index in [2.05, 4.69) is 20.7 Å². The molecule has 0 aliphatic rings. The molecule has 9 heteroatoms. The third kappa shape index (κ3) is 4.24. The third-order valence-electron chi connectivity index (χ3n) is 2.56. The van der Waals surface area contributed by atoms with Crippen LogP contribution < -0.4 is 10.5 Å². The zero-order valence-corrected chi connectivity index (χ0v) is 14.9. The average molecular weight is 406 g/mol. The highest BCUT2D eigenvalue weighted by Gasteiger charge is 2.25. The van der Waals surface area contributed by atoms with E-state index >= 15 is 0 Å². The number of sulfonamides is 1. The lowest BCUT2D eigenvalue weighted by Crippen LogP contribution is -2.33. The van der Waals surface area contributed by atoms with Gasteiger partial charge in [0.15, 0.2) is 5.82 Å². The topological polar surface area (TPSA) is 72.2 Å². The third-order valence-corrected chi connectivity index (χ3v) is 6.17. The van der Waals surface area contributed by atoms with Crippen LogP contribution >= 0.6 is 39.3 Å². The monoisotopic (exact) mass is 404 g/mol. The number of benzene rings is 1. The van der Waals surface area contributed by atoms with Gasteiger partial charge in [-0.2, -0.15) is 11.8 Å². The molecule has 0 spiro atoms. The molecule has 114 valence electrons. The maximum atomic E-state index is 14.0. The summed E-state index contributed by atoms with van der Waals surface area (Å²) in [5, 5.41) is 0.0426. The Balaban J connectivity index is 3.11. The second kappa shape index (κ2) is 7.31. The SMILES string of the molecule is CSCCC(C)NS(=O)(=O)c1cc(Cl)c(Br)c(N)c1F. The summed E-state index contributed by atoms with van der Waals surface area (Å²) >= 11 is 10.4. The minimum absolute atomic E-state index is 0.0426. The van der Waals surface area contributed by atoms with E-state index in [0.29, 0.717) is 6.42 Å². The largest absolute Gasteiger partial charge is 0.395 e. The van der Waals surface area contributed by atoms with Crippen molar-refractivity contribution in [2.45, 2.75) is 24.3 Å². The van der Waals surface area contributed by atoms with Crippen molar-refractivity contribution in [1.29, 1.82) is 0 Å². The first-order chi connectivity index (χ1) is 9.20. The summed E-state index contributed by atoms with van der Waals surface area (Å²) in [6, 6.07) is 0.733. The molecule has 0 aliphatic carbocycles. The summed E-state index contributed by atoms with van der Waals surface area (Å²) in [7, 11) is -4.00. The Morgan fingerprint density at radius 2 is 2.20 bits per heavy atom. The molecule has 0 amide bonds. The molecule has 1 aromatic carbocycles. The first-order valence-electron chi connectivity index (χ1n) is 5.65. The zero-order chi connectivity index (χ0) is 15.5. The molecule has 0 aliphatic heterocycles. The molecule has 1 atom stereocenters. The number of halogens is 3. The fourth-order valence-corrected chi connectivity index (χ4v) is 4.02. The van der Waals surface area contributed by atoms with Crippen molar-refractivity contribution >= 4 is 55.0 Å². The lowest BCUT2D eigenvalue weighted by atomic mass is 10.3. The quantitative estimate of drug-likeness (QED) is 0.563. The van der Waals surface area contributed by atoms with Crippen molar-refractivity contribution in [3.05, 3.63) is 21.4 Å². The highest BCUT2D eigenvalue weighted by atomic mass is 79.9. The predicted molar refractivity (Wildman–Crippen MR) is 86.3 cm³/mol. The molecular formula is C11H15BrClFN2O2S2. The van der Waals surface area contributed by atoms with Crippen molar-refractivity contribution in [1.82, 2.24) is 4.72 Å². The molecular weight excluding hydrogens is 391 g/mol. The van der Waals surface area contributed by atoms with Gasteiger partial charge in [0.05, 0.1) is 15.2 Å². The van der Waals surface area contributed by atoms with Crippen LogP contribution in [0.5, 0.6) is 0 Å². The summed E-state index contributed by atoms with van der Waals surface area (Å²) in [5.74, 6) is -0.207. The molecule has 0 aromatic heterocycles. The van der Waals surface area contributed by atoms with Gasteiger partial charge in [-0.15, -0.1) is 0 Å². The Kier molecular flexibility index (Phi) is 6.59. The molecule has 0 radical (unpaired) electrons. The van der Waals surface area contributed by atoms with Gasteiger partial charge >= 0.3 is 0 Å². The normalized spacial score (nSPS) is 13.4. The number of rotatable bonds is 6. The molecule has 0 heterocycles. The van der Waals surface area contributed by atoms with Gasteiger partial charge in [0.25, 0.3) is 0 Å². The standard InChI is InChI=1S/C11H15BrClFN2O2S2/c1-6(3-4-19-2)16-20(17,18)8-5-7(13)9(12)11(15)10(8)14/h5-6,16H,3-4,15H2,1-2H3. The average Bonchev–Trinajstić information content (AvgIpc) is 2.37. The Hall–Kier alpha value is -0.0200. The molecule has 1 unspecified atom stereocenters. The lowest BCUT2D eigenvalue weighted by molar-refractivity contribution is 0.541. The van der Waals surface area contributed by atoms with Crippen molar-refractivity contribution in [2.75, 3.05) is 17.7 Å². The van der Waals surface area contributed by atoms with Crippen molar-refractivity contribution in [3.63, 3.8) is 0 Å². The van der Waals surface area contributed by atoms with Gasteiger partial charge in [-0.25, -0.2) is 17.5 Å². The molecule has 4 nitrogen and oxygen atoms in total. The smallest absolute Gasteiger partial charge is 0.243 e. The lowest BCUT2D eigenvalue weighted by Gasteiger charge is -2.15. The van der Waals surface area contributed by atoms with Gasteiger partial charge in [0.2, 0.25) is 10.0 Å². The fraction of sp³-hybridized carbons (Fsp3) is 0.455. The van der Waals surface area contributed by atoms with Crippen LogP contribution in [0.1, 0.15) is 13.3 Å². The molecule has 1 aromatic rings. The molecule has 20 heavy (non-hydrogen) atoms. The number of hydrogen-bond acceptors (Lipinski definition) is 4. The summed E-state index contributed by atoms with van der Waals surface area (Å²) in [6.07, 6.45) is 2.57. The summed E-state index contributed by atoms with van der Waals surface area (Å²) < 4.78 is 40.9. The number of nitrogens with one attached hydrogen (secondary N) is 1.